The molecule has 12 heteroatoms. The molecule has 1 amide bonds. The van der Waals surface area contributed by atoms with Gasteiger partial charge in [-0.05, 0) is 56.0 Å². The van der Waals surface area contributed by atoms with E-state index in [1.807, 2.05) is 32.6 Å². The third-order valence-corrected chi connectivity index (χ3v) is 9.45. The van der Waals surface area contributed by atoms with Crippen LogP contribution in [-0.2, 0) is 4.79 Å². The van der Waals surface area contributed by atoms with E-state index in [4.69, 9.17) is 11.6 Å². The Balaban J connectivity index is 1.80. The molecule has 0 spiro atoms. The first kappa shape index (κ1) is 31.5. The molecule has 2 unspecified atom stereocenters. The molecule has 0 aliphatic carbocycles. The number of hydrogen-bond acceptors (Lipinski definition) is 7. The highest BCUT2D eigenvalue weighted by molar-refractivity contribution is 6.39. The second kappa shape index (κ2) is 11.7. The van der Waals surface area contributed by atoms with Crippen LogP contribution in [0.4, 0.5) is 20.3 Å². The summed E-state index contributed by atoms with van der Waals surface area (Å²) in [4.78, 5) is 41.7. The van der Waals surface area contributed by atoms with Crippen molar-refractivity contribution >= 4 is 39.9 Å². The molecular weight excluding hydrogens is 614 g/mol. The van der Waals surface area contributed by atoms with Crippen LogP contribution in [0.5, 0.6) is 5.75 Å². The molecule has 2 aromatic carbocycles. The Kier molecular flexibility index (Phi) is 8.00. The van der Waals surface area contributed by atoms with Crippen LogP contribution in [-0.4, -0.2) is 69.2 Å². The van der Waals surface area contributed by atoms with E-state index in [2.05, 4.69) is 16.5 Å². The number of aromatic nitrogens is 3. The first-order valence-corrected chi connectivity index (χ1v) is 15.6. The van der Waals surface area contributed by atoms with Gasteiger partial charge in [0.1, 0.15) is 17.4 Å². The first-order chi connectivity index (χ1) is 21.9. The largest absolute Gasteiger partial charge is 0.507 e. The van der Waals surface area contributed by atoms with E-state index in [0.717, 1.165) is 6.07 Å². The maximum atomic E-state index is 17.1. The number of carbonyl (C=O) groups excluding carboxylic acids is 1. The number of amides is 1. The van der Waals surface area contributed by atoms with E-state index in [-0.39, 0.29) is 56.9 Å². The molecule has 9 nitrogen and oxygen atoms in total. The molecule has 46 heavy (non-hydrogen) atoms. The van der Waals surface area contributed by atoms with E-state index in [0.29, 0.717) is 43.0 Å². The van der Waals surface area contributed by atoms with Gasteiger partial charge in [0, 0.05) is 50.5 Å². The van der Waals surface area contributed by atoms with Crippen LogP contribution in [0, 0.1) is 18.6 Å². The zero-order chi connectivity index (χ0) is 33.2. The normalized spacial score (nSPS) is 18.1. The maximum Gasteiger partial charge on any atom is 0.354 e. The summed E-state index contributed by atoms with van der Waals surface area (Å²) < 4.78 is 33.9. The summed E-state index contributed by atoms with van der Waals surface area (Å²) >= 11 is 7.16. The molecular formula is C34H35ClF2N6O3. The summed E-state index contributed by atoms with van der Waals surface area (Å²) in [5.41, 5.74) is 0.479. The molecule has 6 rings (SSSR count). The predicted molar refractivity (Wildman–Crippen MR) is 176 cm³/mol. The van der Waals surface area contributed by atoms with Crippen molar-refractivity contribution in [3.63, 3.8) is 0 Å². The zero-order valence-electron chi connectivity index (χ0n) is 26.3. The van der Waals surface area contributed by atoms with Gasteiger partial charge in [-0.15, -0.1) is 0 Å². The second-order valence-corrected chi connectivity index (χ2v) is 12.7. The number of benzene rings is 2. The molecule has 2 aromatic heterocycles. The molecule has 1 fully saturated rings. The van der Waals surface area contributed by atoms with Crippen LogP contribution in [0.3, 0.4) is 0 Å². The lowest BCUT2D eigenvalue weighted by Gasteiger charge is -2.47. The van der Waals surface area contributed by atoms with Gasteiger partial charge in [0.25, 0.3) is 0 Å². The van der Waals surface area contributed by atoms with E-state index < -0.39 is 28.6 Å². The Morgan fingerprint density at radius 1 is 1.17 bits per heavy atom. The summed E-state index contributed by atoms with van der Waals surface area (Å²) in [5, 5.41) is 10.8. The van der Waals surface area contributed by atoms with Gasteiger partial charge < -0.3 is 19.8 Å². The van der Waals surface area contributed by atoms with Crippen molar-refractivity contribution in [3.8, 4) is 22.6 Å². The molecule has 2 aliphatic heterocycles. The van der Waals surface area contributed by atoms with Crippen LogP contribution >= 0.6 is 11.6 Å². The molecule has 0 bridgehead atoms. The molecule has 0 saturated carbocycles. The Labute approximate surface area is 270 Å². The number of piperazine rings is 1. The monoisotopic (exact) mass is 648 g/mol. The van der Waals surface area contributed by atoms with Crippen LogP contribution in [0.2, 0.25) is 5.02 Å². The topological polar surface area (TPSA) is 94.8 Å². The molecule has 4 aromatic rings. The SMILES string of the molecule is C=CC(=O)N1CC2CCN(C)c3c(F)c(-c4c(O)cccc4F)c(Cl)c4c3c(nc(=O)n4-c3c(C)ccnc3C(C)C)N2CC1C. The molecule has 1 N–H and O–H groups in total. The number of hydrogen-bond donors (Lipinski definition) is 1. The minimum absolute atomic E-state index is 0.0663. The van der Waals surface area contributed by atoms with Crippen molar-refractivity contribution < 1.29 is 18.7 Å². The number of pyridine rings is 1. The fraction of sp³-hybridized carbons (Fsp3) is 0.353. The molecule has 1 saturated heterocycles. The van der Waals surface area contributed by atoms with E-state index in [1.54, 1.807) is 29.1 Å². The number of fused-ring (bicyclic) bond motifs is 2. The van der Waals surface area contributed by atoms with Crippen molar-refractivity contribution in [3.05, 3.63) is 81.5 Å². The highest BCUT2D eigenvalue weighted by Gasteiger charge is 2.40. The molecule has 240 valence electrons. The number of carbonyl (C=O) groups is 1. The Morgan fingerprint density at radius 2 is 1.91 bits per heavy atom. The summed E-state index contributed by atoms with van der Waals surface area (Å²) in [6.07, 6.45) is 3.43. The van der Waals surface area contributed by atoms with Gasteiger partial charge in [0.2, 0.25) is 5.91 Å². The van der Waals surface area contributed by atoms with Crippen LogP contribution in [0.1, 0.15) is 44.4 Å². The number of aromatic hydroxyl groups is 1. The van der Waals surface area contributed by atoms with Gasteiger partial charge in [0.15, 0.2) is 5.82 Å². The van der Waals surface area contributed by atoms with Crippen molar-refractivity contribution in [2.75, 3.05) is 36.5 Å². The number of phenols is 1. The molecule has 2 atom stereocenters. The first-order valence-electron chi connectivity index (χ1n) is 15.2. The minimum Gasteiger partial charge on any atom is -0.507 e. The summed E-state index contributed by atoms with van der Waals surface area (Å²) in [6.45, 7) is 12.3. The standard InChI is InChI=1S/C34H35ClF2N6O3/c1-7-23(45)41-16-20-12-14-40(6)32-26-31(27(35)25(28(32)37)24-21(36)9-8-10-22(24)44)43(30-18(4)11-13-38-29(30)17(2)3)34(46)39-33(26)42(20)15-19(41)5/h7-11,13,17,19-20,44H,1,12,14-16H2,2-6H3. The predicted octanol–water partition coefficient (Wildman–Crippen LogP) is 5.95. The Bertz CT molecular complexity index is 1960. The quantitative estimate of drug-likeness (QED) is 0.274. The number of aryl methyl sites for hydroxylation is 1. The Hall–Kier alpha value is -4.51. The van der Waals surface area contributed by atoms with E-state index in [9.17, 15) is 14.7 Å². The number of phenolic OH excluding ortho intramolecular Hbond substituents is 1. The average Bonchev–Trinajstić information content (AvgIpc) is 3.00. The number of anilines is 2. The van der Waals surface area contributed by atoms with Crippen LogP contribution in [0.15, 0.2) is 47.9 Å². The molecule has 4 heterocycles. The highest BCUT2D eigenvalue weighted by Crippen LogP contribution is 2.49. The summed E-state index contributed by atoms with van der Waals surface area (Å²) in [6, 6.07) is 4.92. The number of halogens is 3. The van der Waals surface area contributed by atoms with Gasteiger partial charge in [-0.2, -0.15) is 4.98 Å². The van der Waals surface area contributed by atoms with Gasteiger partial charge in [-0.1, -0.05) is 38.1 Å². The van der Waals surface area contributed by atoms with Gasteiger partial charge in [-0.25, -0.2) is 13.6 Å². The molecule has 2 aliphatic rings. The summed E-state index contributed by atoms with van der Waals surface area (Å²) in [7, 11) is 1.71. The fourth-order valence-corrected chi connectivity index (χ4v) is 7.20. The number of rotatable bonds is 4. The second-order valence-electron chi connectivity index (χ2n) is 12.3. The molecule has 0 radical (unpaired) electrons. The lowest BCUT2D eigenvalue weighted by atomic mass is 9.95. The third kappa shape index (κ3) is 4.79. The van der Waals surface area contributed by atoms with Gasteiger partial charge in [0.05, 0.1) is 38.6 Å². The number of nitrogens with zero attached hydrogens (tertiary/aromatic N) is 6. The van der Waals surface area contributed by atoms with Gasteiger partial charge >= 0.3 is 5.69 Å². The van der Waals surface area contributed by atoms with Crippen molar-refractivity contribution in [2.45, 2.75) is 52.1 Å². The van der Waals surface area contributed by atoms with E-state index in [1.165, 1.54) is 22.8 Å². The summed E-state index contributed by atoms with van der Waals surface area (Å²) in [5.74, 6) is -2.32. The fourth-order valence-electron chi connectivity index (χ4n) is 6.84. The van der Waals surface area contributed by atoms with Crippen LogP contribution < -0.4 is 15.5 Å². The van der Waals surface area contributed by atoms with Crippen molar-refractivity contribution in [2.24, 2.45) is 0 Å². The lowest BCUT2D eigenvalue weighted by Crippen LogP contribution is -2.60. The average molecular weight is 649 g/mol. The Morgan fingerprint density at radius 3 is 2.59 bits per heavy atom. The van der Waals surface area contributed by atoms with Crippen molar-refractivity contribution in [1.82, 2.24) is 19.4 Å². The maximum absolute atomic E-state index is 17.1. The highest BCUT2D eigenvalue weighted by atomic mass is 35.5. The van der Waals surface area contributed by atoms with E-state index >= 15 is 8.78 Å². The minimum atomic E-state index is -0.874. The smallest absolute Gasteiger partial charge is 0.354 e. The third-order valence-electron chi connectivity index (χ3n) is 9.09. The van der Waals surface area contributed by atoms with Gasteiger partial charge in [-0.3, -0.25) is 14.3 Å². The van der Waals surface area contributed by atoms with Crippen LogP contribution in [0.25, 0.3) is 27.7 Å². The lowest BCUT2D eigenvalue weighted by molar-refractivity contribution is -0.128. The van der Waals surface area contributed by atoms with Crippen molar-refractivity contribution in [1.29, 1.82) is 0 Å². The zero-order valence-corrected chi connectivity index (χ0v) is 27.1.